The number of rotatable bonds is 5. The zero-order valence-electron chi connectivity index (χ0n) is 10.9. The van der Waals surface area contributed by atoms with Crippen LogP contribution < -0.4 is 21.3 Å². The monoisotopic (exact) mass is 263 g/mol. The largest absolute Gasteiger partial charge is 0.497 e. The zero-order chi connectivity index (χ0) is 14.3. The number of benzene rings is 1. The van der Waals surface area contributed by atoms with E-state index in [9.17, 15) is 9.59 Å². The molecule has 19 heavy (non-hydrogen) atoms. The van der Waals surface area contributed by atoms with Gasteiger partial charge in [-0.1, -0.05) is 18.2 Å². The number of ether oxygens (including phenoxy) is 1. The van der Waals surface area contributed by atoms with Gasteiger partial charge < -0.3 is 10.1 Å². The number of nitrogens with two attached hydrogens (primary N) is 1. The van der Waals surface area contributed by atoms with Crippen LogP contribution in [0, 0.1) is 0 Å². The normalized spacial score (nSPS) is 10.3. The third-order valence-electron chi connectivity index (χ3n) is 2.40. The van der Waals surface area contributed by atoms with Crippen LogP contribution in [0.4, 0.5) is 0 Å². The van der Waals surface area contributed by atoms with Crippen molar-refractivity contribution in [1.82, 2.24) is 10.7 Å². The van der Waals surface area contributed by atoms with E-state index in [1.807, 2.05) is 0 Å². The van der Waals surface area contributed by atoms with E-state index in [4.69, 9.17) is 10.6 Å². The molecule has 0 aliphatic heterocycles. The molecule has 6 nitrogen and oxygen atoms in total. The van der Waals surface area contributed by atoms with E-state index in [0.29, 0.717) is 23.4 Å². The number of methoxy groups -OCH3 is 1. The Bertz CT molecular complexity index is 498. The predicted molar refractivity (Wildman–Crippen MR) is 72.4 cm³/mol. The molecule has 0 aliphatic rings. The van der Waals surface area contributed by atoms with Gasteiger partial charge in [-0.3, -0.25) is 15.0 Å². The van der Waals surface area contributed by atoms with Gasteiger partial charge in [0.25, 0.3) is 5.91 Å². The number of hydrogen-bond acceptors (Lipinski definition) is 4. The number of carbonyl (C=O) groups is 2. The minimum atomic E-state index is -0.405. The van der Waals surface area contributed by atoms with Gasteiger partial charge in [0.2, 0.25) is 5.91 Å². The molecule has 0 aromatic heterocycles. The summed E-state index contributed by atoms with van der Waals surface area (Å²) < 4.78 is 5.06. The van der Waals surface area contributed by atoms with Crippen molar-refractivity contribution < 1.29 is 14.3 Å². The molecule has 1 rings (SSSR count). The molecule has 0 fully saturated rings. The number of hydrazine groups is 1. The smallest absolute Gasteiger partial charge is 0.265 e. The lowest BCUT2D eigenvalue weighted by Crippen LogP contribution is -2.30. The molecule has 4 N–H and O–H groups in total. The number of nitrogen functional groups attached to an aromatic ring is 1. The minimum Gasteiger partial charge on any atom is -0.497 e. The summed E-state index contributed by atoms with van der Waals surface area (Å²) >= 11 is 0. The highest BCUT2D eigenvalue weighted by atomic mass is 16.5. The summed E-state index contributed by atoms with van der Waals surface area (Å²) in [7, 11) is 1.52. The van der Waals surface area contributed by atoms with E-state index >= 15 is 0 Å². The molecular weight excluding hydrogens is 246 g/mol. The fourth-order valence-electron chi connectivity index (χ4n) is 1.47. The van der Waals surface area contributed by atoms with Crippen LogP contribution in [-0.2, 0) is 4.79 Å². The number of nitrogens with one attached hydrogen (secondary N) is 2. The van der Waals surface area contributed by atoms with E-state index in [2.05, 4.69) is 10.7 Å². The first-order valence-electron chi connectivity index (χ1n) is 5.68. The van der Waals surface area contributed by atoms with Gasteiger partial charge in [-0.2, -0.15) is 0 Å². The van der Waals surface area contributed by atoms with Crippen molar-refractivity contribution in [3.05, 3.63) is 35.4 Å². The van der Waals surface area contributed by atoms with Crippen LogP contribution in [0.2, 0.25) is 0 Å². The first-order chi connectivity index (χ1) is 9.08. The maximum absolute atomic E-state index is 11.6. The Morgan fingerprint density at radius 2 is 2.16 bits per heavy atom. The van der Waals surface area contributed by atoms with Crippen molar-refractivity contribution >= 4 is 17.9 Å². The lowest BCUT2D eigenvalue weighted by molar-refractivity contribution is -0.118. The highest BCUT2D eigenvalue weighted by Crippen LogP contribution is 2.18. The van der Waals surface area contributed by atoms with Crippen molar-refractivity contribution in [2.75, 3.05) is 13.7 Å². The Morgan fingerprint density at radius 1 is 1.42 bits per heavy atom. The third-order valence-corrected chi connectivity index (χ3v) is 2.40. The molecule has 0 saturated carbocycles. The second-order valence-corrected chi connectivity index (χ2v) is 3.77. The Labute approximate surface area is 111 Å². The first kappa shape index (κ1) is 14.7. The molecule has 0 aliphatic carbocycles. The van der Waals surface area contributed by atoms with Crippen LogP contribution in [0.1, 0.15) is 22.8 Å². The molecule has 0 unspecified atom stereocenters. The topological polar surface area (TPSA) is 93.4 Å². The molecule has 0 bridgehead atoms. The molecular formula is C13H17N3O3. The summed E-state index contributed by atoms with van der Waals surface area (Å²) in [6.45, 7) is 1.83. The summed E-state index contributed by atoms with van der Waals surface area (Å²) in [4.78, 5) is 22.4. The SMILES string of the molecule is COc1ccc(C=CCNC(C)=O)c(C(=O)NN)c1. The van der Waals surface area contributed by atoms with Gasteiger partial charge in [0, 0.05) is 13.5 Å². The van der Waals surface area contributed by atoms with E-state index in [1.165, 1.54) is 14.0 Å². The summed E-state index contributed by atoms with van der Waals surface area (Å²) in [5, 5.41) is 2.63. The maximum Gasteiger partial charge on any atom is 0.265 e. The van der Waals surface area contributed by atoms with Crippen molar-refractivity contribution in [1.29, 1.82) is 0 Å². The standard InChI is InChI=1S/C13H17N3O3/c1-9(17)15-7-3-4-10-5-6-11(19-2)8-12(10)13(18)16-14/h3-6,8H,7,14H2,1-2H3,(H,15,17)(H,16,18). The number of amides is 2. The Hall–Kier alpha value is -2.34. The third kappa shape index (κ3) is 4.44. The highest BCUT2D eigenvalue weighted by molar-refractivity contribution is 5.97. The lowest BCUT2D eigenvalue weighted by atomic mass is 10.1. The Morgan fingerprint density at radius 3 is 2.74 bits per heavy atom. The summed E-state index contributed by atoms with van der Waals surface area (Å²) in [6.07, 6.45) is 3.48. The highest BCUT2D eigenvalue weighted by Gasteiger charge is 2.09. The van der Waals surface area contributed by atoms with Crippen molar-refractivity contribution in [2.24, 2.45) is 5.84 Å². The second kappa shape index (κ2) is 7.17. The van der Waals surface area contributed by atoms with Crippen LogP contribution in [-0.4, -0.2) is 25.5 Å². The zero-order valence-corrected chi connectivity index (χ0v) is 10.9. The van der Waals surface area contributed by atoms with Crippen LogP contribution in [0.5, 0.6) is 5.75 Å². The molecule has 0 spiro atoms. The fraction of sp³-hybridized carbons (Fsp3) is 0.231. The molecule has 0 heterocycles. The summed E-state index contributed by atoms with van der Waals surface area (Å²) in [5.74, 6) is 5.19. The Balaban J connectivity index is 2.92. The van der Waals surface area contributed by atoms with E-state index in [1.54, 1.807) is 30.4 Å². The molecule has 0 atom stereocenters. The number of hydrogen-bond donors (Lipinski definition) is 3. The molecule has 0 saturated heterocycles. The van der Waals surface area contributed by atoms with Gasteiger partial charge in [-0.05, 0) is 17.7 Å². The second-order valence-electron chi connectivity index (χ2n) is 3.77. The van der Waals surface area contributed by atoms with Crippen LogP contribution >= 0.6 is 0 Å². The molecule has 1 aromatic carbocycles. The van der Waals surface area contributed by atoms with E-state index in [0.717, 1.165) is 0 Å². The molecule has 2 amide bonds. The van der Waals surface area contributed by atoms with Gasteiger partial charge >= 0.3 is 0 Å². The lowest BCUT2D eigenvalue weighted by Gasteiger charge is -2.07. The van der Waals surface area contributed by atoms with Crippen molar-refractivity contribution in [2.45, 2.75) is 6.92 Å². The van der Waals surface area contributed by atoms with Gasteiger partial charge in [-0.25, -0.2) is 5.84 Å². The minimum absolute atomic E-state index is 0.112. The van der Waals surface area contributed by atoms with Crippen LogP contribution in [0.3, 0.4) is 0 Å². The first-order valence-corrected chi connectivity index (χ1v) is 5.68. The van der Waals surface area contributed by atoms with E-state index < -0.39 is 5.91 Å². The van der Waals surface area contributed by atoms with Gasteiger partial charge in [0.15, 0.2) is 0 Å². The van der Waals surface area contributed by atoms with Gasteiger partial charge in [0.05, 0.1) is 12.7 Å². The van der Waals surface area contributed by atoms with Gasteiger partial charge in [0.1, 0.15) is 5.75 Å². The summed E-state index contributed by atoms with van der Waals surface area (Å²) in [5.41, 5.74) is 3.18. The van der Waals surface area contributed by atoms with Crippen molar-refractivity contribution in [3.63, 3.8) is 0 Å². The fourth-order valence-corrected chi connectivity index (χ4v) is 1.47. The van der Waals surface area contributed by atoms with Crippen LogP contribution in [0.25, 0.3) is 6.08 Å². The number of carbonyl (C=O) groups excluding carboxylic acids is 2. The Kier molecular flexibility index (Phi) is 5.56. The average molecular weight is 263 g/mol. The molecule has 6 heteroatoms. The van der Waals surface area contributed by atoms with Crippen molar-refractivity contribution in [3.8, 4) is 5.75 Å². The van der Waals surface area contributed by atoms with Gasteiger partial charge in [-0.15, -0.1) is 0 Å². The van der Waals surface area contributed by atoms with E-state index in [-0.39, 0.29) is 5.91 Å². The summed E-state index contributed by atoms with van der Waals surface area (Å²) in [6, 6.07) is 5.08. The molecule has 1 aromatic rings. The maximum atomic E-state index is 11.6. The predicted octanol–water partition coefficient (Wildman–Crippen LogP) is 0.448. The molecule has 102 valence electrons. The quantitative estimate of drug-likeness (QED) is 0.408. The molecule has 0 radical (unpaired) electrons. The average Bonchev–Trinajstić information content (AvgIpc) is 2.42. The van der Waals surface area contributed by atoms with Crippen LogP contribution in [0.15, 0.2) is 24.3 Å².